The Morgan fingerprint density at radius 1 is 0.750 bits per heavy atom. The van der Waals surface area contributed by atoms with E-state index in [1.807, 2.05) is 0 Å². The summed E-state index contributed by atoms with van der Waals surface area (Å²) in [6.07, 6.45) is 0. The summed E-state index contributed by atoms with van der Waals surface area (Å²) >= 11 is 0. The Kier molecular flexibility index (Phi) is 3.90. The second kappa shape index (κ2) is 5.82. The molecule has 0 radical (unpaired) electrons. The quantitative estimate of drug-likeness (QED) is 0.794. The van der Waals surface area contributed by atoms with E-state index in [4.69, 9.17) is 0 Å². The van der Waals surface area contributed by atoms with Crippen LogP contribution in [0.25, 0.3) is 0 Å². The standard InChI is InChI=1S/C16H20N3P/c1-17(2)20-18(15-9-5-3-6-10-15)13-14-19(20)16-11-7-4-8-12-16/h3-12H,13-14H2,1-2H3. The SMILES string of the molecule is CN(C)P1N(c2ccccc2)CCN1c1ccccc1. The Balaban J connectivity index is 1.92. The molecule has 1 aliphatic rings. The molecule has 1 aliphatic heterocycles. The molecule has 4 heteroatoms. The maximum atomic E-state index is 2.52. The zero-order chi connectivity index (χ0) is 13.9. The molecular weight excluding hydrogens is 265 g/mol. The Labute approximate surface area is 122 Å². The van der Waals surface area contributed by atoms with Crippen molar-refractivity contribution < 1.29 is 0 Å². The van der Waals surface area contributed by atoms with Gasteiger partial charge in [0.05, 0.1) is 0 Å². The molecule has 3 rings (SSSR count). The minimum Gasteiger partial charge on any atom is -0.320 e. The van der Waals surface area contributed by atoms with Crippen molar-refractivity contribution in [2.45, 2.75) is 0 Å². The highest BCUT2D eigenvalue weighted by Crippen LogP contribution is 2.53. The minimum atomic E-state index is -0.484. The Morgan fingerprint density at radius 2 is 1.15 bits per heavy atom. The van der Waals surface area contributed by atoms with Gasteiger partial charge in [-0.2, -0.15) is 0 Å². The predicted molar refractivity (Wildman–Crippen MR) is 88.2 cm³/mol. The van der Waals surface area contributed by atoms with Gasteiger partial charge >= 0.3 is 0 Å². The number of hydrogen-bond acceptors (Lipinski definition) is 3. The fourth-order valence-corrected chi connectivity index (χ4v) is 4.94. The zero-order valence-electron chi connectivity index (χ0n) is 12.0. The fraction of sp³-hybridized carbons (Fsp3) is 0.250. The average molecular weight is 285 g/mol. The molecule has 1 heterocycles. The van der Waals surface area contributed by atoms with Crippen molar-refractivity contribution in [1.82, 2.24) is 4.67 Å². The van der Waals surface area contributed by atoms with Crippen molar-refractivity contribution >= 4 is 19.7 Å². The van der Waals surface area contributed by atoms with E-state index in [0.717, 1.165) is 13.1 Å². The third-order valence-corrected chi connectivity index (χ3v) is 5.86. The van der Waals surface area contributed by atoms with Gasteiger partial charge in [0.1, 0.15) is 0 Å². The molecule has 2 aromatic carbocycles. The van der Waals surface area contributed by atoms with Gasteiger partial charge in [-0.05, 0) is 38.4 Å². The molecule has 104 valence electrons. The van der Waals surface area contributed by atoms with Crippen LogP contribution in [-0.4, -0.2) is 31.9 Å². The molecular formula is C16H20N3P. The smallest absolute Gasteiger partial charge is 0.178 e. The largest absolute Gasteiger partial charge is 0.320 e. The summed E-state index contributed by atoms with van der Waals surface area (Å²) in [7, 11) is 3.86. The molecule has 0 spiro atoms. The summed E-state index contributed by atoms with van der Waals surface area (Å²) in [5.41, 5.74) is 2.62. The lowest BCUT2D eigenvalue weighted by atomic mass is 10.3. The molecule has 2 aromatic rings. The topological polar surface area (TPSA) is 9.72 Å². The number of benzene rings is 2. The molecule has 0 amide bonds. The highest BCUT2D eigenvalue weighted by molar-refractivity contribution is 7.59. The van der Waals surface area contributed by atoms with Gasteiger partial charge in [0.25, 0.3) is 0 Å². The van der Waals surface area contributed by atoms with Gasteiger partial charge in [-0.25, -0.2) is 0 Å². The summed E-state index contributed by atoms with van der Waals surface area (Å²) in [6, 6.07) is 21.4. The molecule has 20 heavy (non-hydrogen) atoms. The van der Waals surface area contributed by atoms with Crippen LogP contribution in [0, 0.1) is 0 Å². The van der Waals surface area contributed by atoms with Gasteiger partial charge in [-0.1, -0.05) is 36.4 Å². The first-order chi connectivity index (χ1) is 9.77. The van der Waals surface area contributed by atoms with Crippen molar-refractivity contribution in [1.29, 1.82) is 0 Å². The first kappa shape index (κ1) is 13.4. The van der Waals surface area contributed by atoms with Crippen molar-refractivity contribution in [3.63, 3.8) is 0 Å². The Hall–Kier alpha value is -1.57. The maximum Gasteiger partial charge on any atom is 0.178 e. The van der Waals surface area contributed by atoms with Crippen LogP contribution in [-0.2, 0) is 0 Å². The van der Waals surface area contributed by atoms with Gasteiger partial charge in [-0.3, -0.25) is 4.67 Å². The lowest BCUT2D eigenvalue weighted by Crippen LogP contribution is -2.24. The lowest BCUT2D eigenvalue weighted by Gasteiger charge is -2.35. The van der Waals surface area contributed by atoms with E-state index in [9.17, 15) is 0 Å². The lowest BCUT2D eigenvalue weighted by molar-refractivity contribution is 0.673. The molecule has 1 saturated heterocycles. The normalized spacial score (nSPS) is 16.1. The monoisotopic (exact) mass is 285 g/mol. The average Bonchev–Trinajstić information content (AvgIpc) is 2.94. The van der Waals surface area contributed by atoms with Crippen LogP contribution in [0.4, 0.5) is 11.4 Å². The summed E-state index contributed by atoms with van der Waals surface area (Å²) < 4.78 is 7.37. The van der Waals surface area contributed by atoms with Gasteiger partial charge in [-0.15, -0.1) is 0 Å². The van der Waals surface area contributed by atoms with Crippen LogP contribution in [0.15, 0.2) is 60.7 Å². The molecule has 0 atom stereocenters. The Bertz CT molecular complexity index is 497. The minimum absolute atomic E-state index is 0.484. The number of para-hydroxylation sites is 2. The van der Waals surface area contributed by atoms with E-state index in [0.29, 0.717) is 0 Å². The second-order valence-corrected chi connectivity index (χ2v) is 7.34. The van der Waals surface area contributed by atoms with Crippen LogP contribution in [0.5, 0.6) is 0 Å². The second-order valence-electron chi connectivity index (χ2n) is 5.03. The van der Waals surface area contributed by atoms with E-state index in [1.165, 1.54) is 11.4 Å². The van der Waals surface area contributed by atoms with Crippen LogP contribution < -0.4 is 9.34 Å². The van der Waals surface area contributed by atoms with Crippen LogP contribution in [0.2, 0.25) is 0 Å². The van der Waals surface area contributed by atoms with Crippen LogP contribution in [0.3, 0.4) is 0 Å². The van der Waals surface area contributed by atoms with E-state index in [1.54, 1.807) is 0 Å². The Morgan fingerprint density at radius 3 is 1.50 bits per heavy atom. The van der Waals surface area contributed by atoms with Crippen LogP contribution >= 0.6 is 8.37 Å². The van der Waals surface area contributed by atoms with E-state index >= 15 is 0 Å². The molecule has 1 fully saturated rings. The van der Waals surface area contributed by atoms with Crippen molar-refractivity contribution in [2.24, 2.45) is 0 Å². The first-order valence-electron chi connectivity index (χ1n) is 6.90. The molecule has 0 aliphatic carbocycles. The fourth-order valence-electron chi connectivity index (χ4n) is 2.60. The molecule has 0 bridgehead atoms. The predicted octanol–water partition coefficient (Wildman–Crippen LogP) is 3.80. The van der Waals surface area contributed by atoms with E-state index < -0.39 is 8.37 Å². The first-order valence-corrected chi connectivity index (χ1v) is 8.10. The number of nitrogens with zero attached hydrogens (tertiary/aromatic N) is 3. The third kappa shape index (κ3) is 2.52. The van der Waals surface area contributed by atoms with Gasteiger partial charge in [0.2, 0.25) is 0 Å². The van der Waals surface area contributed by atoms with Gasteiger partial charge in [0.15, 0.2) is 8.37 Å². The summed E-state index contributed by atoms with van der Waals surface area (Å²) in [5, 5.41) is 0. The molecule has 0 saturated carbocycles. The van der Waals surface area contributed by atoms with Crippen molar-refractivity contribution in [2.75, 3.05) is 36.5 Å². The van der Waals surface area contributed by atoms with Crippen LogP contribution in [0.1, 0.15) is 0 Å². The number of rotatable bonds is 3. The van der Waals surface area contributed by atoms with E-state index in [-0.39, 0.29) is 0 Å². The van der Waals surface area contributed by atoms with Gasteiger partial charge in [0, 0.05) is 24.5 Å². The van der Waals surface area contributed by atoms with E-state index in [2.05, 4.69) is 88.8 Å². The van der Waals surface area contributed by atoms with Crippen molar-refractivity contribution in [3.05, 3.63) is 60.7 Å². The molecule has 0 N–H and O–H groups in total. The summed E-state index contributed by atoms with van der Waals surface area (Å²) in [5.74, 6) is 0. The highest BCUT2D eigenvalue weighted by atomic mass is 31.2. The summed E-state index contributed by atoms with van der Waals surface area (Å²) in [4.78, 5) is 0. The number of anilines is 2. The highest BCUT2D eigenvalue weighted by Gasteiger charge is 2.34. The third-order valence-electron chi connectivity index (χ3n) is 3.42. The molecule has 0 unspecified atom stereocenters. The number of hydrogen-bond donors (Lipinski definition) is 0. The molecule has 3 nitrogen and oxygen atoms in total. The summed E-state index contributed by atoms with van der Waals surface area (Å²) in [6.45, 7) is 2.14. The maximum absolute atomic E-state index is 2.52. The van der Waals surface area contributed by atoms with Crippen molar-refractivity contribution in [3.8, 4) is 0 Å². The molecule has 0 aromatic heterocycles. The zero-order valence-corrected chi connectivity index (χ0v) is 12.9. The van der Waals surface area contributed by atoms with Gasteiger partial charge < -0.3 is 9.34 Å².